The molecule has 29 heavy (non-hydrogen) atoms. The molecule has 1 aromatic carbocycles. The van der Waals surface area contributed by atoms with Crippen molar-refractivity contribution in [2.75, 3.05) is 0 Å². The van der Waals surface area contributed by atoms with Gasteiger partial charge in [-0.1, -0.05) is 0 Å². The van der Waals surface area contributed by atoms with E-state index in [1.54, 1.807) is 0 Å². The molecule has 152 valence electrons. The number of nitrogens with one attached hydrogen (secondary N) is 1. The maximum absolute atomic E-state index is 12.3. The summed E-state index contributed by atoms with van der Waals surface area (Å²) in [5.41, 5.74) is -1.01. The van der Waals surface area contributed by atoms with E-state index in [9.17, 15) is 28.0 Å². The van der Waals surface area contributed by atoms with E-state index in [0.717, 1.165) is 4.57 Å². The molecule has 2 aromatic heterocycles. The summed E-state index contributed by atoms with van der Waals surface area (Å²) in [5.74, 6) is -1.63. The fraction of sp³-hybridized carbons (Fsp3) is 0.235. The summed E-state index contributed by atoms with van der Waals surface area (Å²) in [6.07, 6.45) is 1.21. The second-order valence-electron chi connectivity index (χ2n) is 6.03. The summed E-state index contributed by atoms with van der Waals surface area (Å²) in [6, 6.07) is 4.77. The number of alkyl halides is 2. The summed E-state index contributed by atoms with van der Waals surface area (Å²) in [7, 11) is 2.74. The minimum absolute atomic E-state index is 0.0331. The van der Waals surface area contributed by atoms with E-state index in [4.69, 9.17) is 0 Å². The van der Waals surface area contributed by atoms with Crippen molar-refractivity contribution < 1.29 is 23.1 Å². The Bertz CT molecular complexity index is 1210. The van der Waals surface area contributed by atoms with E-state index in [0.29, 0.717) is 0 Å². The van der Waals surface area contributed by atoms with Crippen LogP contribution in [0.5, 0.6) is 5.75 Å². The van der Waals surface area contributed by atoms with Gasteiger partial charge in [-0.2, -0.15) is 8.78 Å². The second-order valence-corrected chi connectivity index (χ2v) is 6.03. The highest BCUT2D eigenvalue weighted by atomic mass is 19.3. The number of nitrogens with zero attached hydrogens (tertiary/aromatic N) is 4. The smallest absolute Gasteiger partial charge is 0.387 e. The lowest BCUT2D eigenvalue weighted by molar-refractivity contribution is -0.120. The third kappa shape index (κ3) is 3.90. The second kappa shape index (κ2) is 7.66. The Hall–Kier alpha value is -3.83. The zero-order valence-electron chi connectivity index (χ0n) is 15.3. The van der Waals surface area contributed by atoms with E-state index < -0.39 is 36.2 Å². The number of aryl methyl sites for hydroxylation is 1. The van der Waals surface area contributed by atoms with Crippen LogP contribution in [0.15, 0.2) is 40.2 Å². The summed E-state index contributed by atoms with van der Waals surface area (Å²) < 4.78 is 31.7. The summed E-state index contributed by atoms with van der Waals surface area (Å²) >= 11 is 0. The Labute approximate surface area is 160 Å². The van der Waals surface area contributed by atoms with Crippen LogP contribution in [0.3, 0.4) is 0 Å². The van der Waals surface area contributed by atoms with Gasteiger partial charge >= 0.3 is 12.3 Å². The van der Waals surface area contributed by atoms with Crippen LogP contribution < -0.4 is 21.3 Å². The van der Waals surface area contributed by atoms with Crippen LogP contribution in [0.2, 0.25) is 0 Å². The Kier molecular flexibility index (Phi) is 5.26. The molecule has 0 bridgehead atoms. The molecule has 0 saturated carbocycles. The van der Waals surface area contributed by atoms with Gasteiger partial charge in [0, 0.05) is 19.7 Å². The van der Waals surface area contributed by atoms with E-state index in [1.165, 1.54) is 53.8 Å². The van der Waals surface area contributed by atoms with Crippen LogP contribution in [0, 0.1) is 0 Å². The topological polar surface area (TPSA) is 117 Å². The van der Waals surface area contributed by atoms with E-state index >= 15 is 0 Å². The minimum atomic E-state index is -2.99. The van der Waals surface area contributed by atoms with Gasteiger partial charge in [-0.15, -0.1) is 0 Å². The van der Waals surface area contributed by atoms with Crippen molar-refractivity contribution in [3.05, 3.63) is 57.0 Å². The number of hydrogen-bond donors (Lipinski definition) is 1. The molecule has 0 aliphatic rings. The zero-order chi connectivity index (χ0) is 21.3. The lowest BCUT2D eigenvalue weighted by atomic mass is 10.2. The molecule has 0 fully saturated rings. The largest absolute Gasteiger partial charge is 0.435 e. The number of benzene rings is 1. The standard InChI is InChI=1S/C17H15F2N5O5/c1-22-13-12(15(27)23(2)17(22)28)24(8-20-13)7-11(25)21-14(26)9-3-5-10(6-4-9)29-16(18)19/h3-6,8,16H,7H2,1-2H3,(H,21,25,26). The molecule has 2 amide bonds. The average Bonchev–Trinajstić information content (AvgIpc) is 3.08. The summed E-state index contributed by atoms with van der Waals surface area (Å²) in [6.45, 7) is -3.39. The van der Waals surface area contributed by atoms with Gasteiger partial charge in [0.15, 0.2) is 11.2 Å². The fourth-order valence-corrected chi connectivity index (χ4v) is 2.70. The van der Waals surface area contributed by atoms with Gasteiger partial charge in [0.2, 0.25) is 5.91 Å². The SMILES string of the molecule is Cn1c(=O)c2c(ncn2CC(=O)NC(=O)c2ccc(OC(F)F)cc2)n(C)c1=O. The number of aromatic nitrogens is 4. The molecule has 2 heterocycles. The van der Waals surface area contributed by atoms with Gasteiger partial charge in [0.25, 0.3) is 11.5 Å². The Morgan fingerprint density at radius 2 is 1.79 bits per heavy atom. The van der Waals surface area contributed by atoms with Crippen molar-refractivity contribution in [1.82, 2.24) is 24.0 Å². The Morgan fingerprint density at radius 3 is 2.41 bits per heavy atom. The van der Waals surface area contributed by atoms with Crippen molar-refractivity contribution >= 4 is 23.0 Å². The van der Waals surface area contributed by atoms with Crippen LogP contribution in [0.25, 0.3) is 11.2 Å². The quantitative estimate of drug-likeness (QED) is 0.636. The maximum Gasteiger partial charge on any atom is 0.387 e. The van der Waals surface area contributed by atoms with E-state index in [2.05, 4.69) is 15.0 Å². The van der Waals surface area contributed by atoms with Crippen molar-refractivity contribution in [2.45, 2.75) is 13.2 Å². The van der Waals surface area contributed by atoms with Gasteiger partial charge < -0.3 is 9.30 Å². The van der Waals surface area contributed by atoms with Gasteiger partial charge in [-0.3, -0.25) is 28.8 Å². The van der Waals surface area contributed by atoms with E-state index in [1.807, 2.05) is 0 Å². The molecule has 3 rings (SSSR count). The number of imide groups is 1. The first-order chi connectivity index (χ1) is 13.7. The number of hydrogen-bond acceptors (Lipinski definition) is 6. The van der Waals surface area contributed by atoms with Crippen LogP contribution in [0.4, 0.5) is 8.78 Å². The molecule has 10 nitrogen and oxygen atoms in total. The predicted molar refractivity (Wildman–Crippen MR) is 95.8 cm³/mol. The van der Waals surface area contributed by atoms with Crippen LogP contribution in [-0.2, 0) is 25.4 Å². The molecule has 0 atom stereocenters. The number of fused-ring (bicyclic) bond motifs is 1. The van der Waals surface area contributed by atoms with Gasteiger partial charge in [0.05, 0.1) is 6.33 Å². The number of halogens is 2. The predicted octanol–water partition coefficient (Wildman–Crippen LogP) is -0.00830. The van der Waals surface area contributed by atoms with Crippen molar-refractivity contribution in [3.63, 3.8) is 0 Å². The van der Waals surface area contributed by atoms with Crippen molar-refractivity contribution in [1.29, 1.82) is 0 Å². The molecular weight excluding hydrogens is 392 g/mol. The average molecular weight is 407 g/mol. The number of carbonyl (C=O) groups excluding carboxylic acids is 2. The van der Waals surface area contributed by atoms with Gasteiger partial charge in [0.1, 0.15) is 12.3 Å². The normalized spacial score (nSPS) is 11.1. The first kappa shape index (κ1) is 19.9. The first-order valence-corrected chi connectivity index (χ1v) is 8.19. The molecule has 1 N–H and O–H groups in total. The molecule has 0 aliphatic heterocycles. The number of rotatable bonds is 5. The zero-order valence-corrected chi connectivity index (χ0v) is 15.3. The molecule has 0 radical (unpaired) electrons. The number of imidazole rings is 1. The lowest BCUT2D eigenvalue weighted by Gasteiger charge is -2.08. The molecule has 0 spiro atoms. The van der Waals surface area contributed by atoms with Crippen molar-refractivity contribution in [3.8, 4) is 5.75 Å². The molecule has 0 saturated heterocycles. The van der Waals surface area contributed by atoms with Gasteiger partial charge in [-0.05, 0) is 24.3 Å². The van der Waals surface area contributed by atoms with Crippen LogP contribution in [0.1, 0.15) is 10.4 Å². The third-order valence-electron chi connectivity index (χ3n) is 4.13. The highest BCUT2D eigenvalue weighted by Gasteiger charge is 2.17. The molecular formula is C17H15F2N5O5. The molecule has 0 unspecified atom stereocenters. The van der Waals surface area contributed by atoms with Gasteiger partial charge in [-0.25, -0.2) is 9.78 Å². The fourth-order valence-electron chi connectivity index (χ4n) is 2.70. The molecule has 3 aromatic rings. The molecule has 0 aliphatic carbocycles. The number of carbonyl (C=O) groups is 2. The molecule has 12 heteroatoms. The maximum atomic E-state index is 12.3. The lowest BCUT2D eigenvalue weighted by Crippen LogP contribution is -2.38. The monoisotopic (exact) mass is 407 g/mol. The minimum Gasteiger partial charge on any atom is -0.435 e. The number of ether oxygens (including phenoxy) is 1. The highest BCUT2D eigenvalue weighted by molar-refractivity contribution is 6.04. The summed E-state index contributed by atoms with van der Waals surface area (Å²) in [5, 5.41) is 2.13. The van der Waals surface area contributed by atoms with Crippen molar-refractivity contribution in [2.24, 2.45) is 14.1 Å². The summed E-state index contributed by atoms with van der Waals surface area (Å²) in [4.78, 5) is 52.6. The first-order valence-electron chi connectivity index (χ1n) is 8.19. The Balaban J connectivity index is 1.77. The third-order valence-corrected chi connectivity index (χ3v) is 4.13. The number of amides is 2. The van der Waals surface area contributed by atoms with E-state index in [-0.39, 0.29) is 22.5 Å². The van der Waals surface area contributed by atoms with Crippen LogP contribution >= 0.6 is 0 Å². The highest BCUT2D eigenvalue weighted by Crippen LogP contribution is 2.15. The Morgan fingerprint density at radius 1 is 1.14 bits per heavy atom. The van der Waals surface area contributed by atoms with Crippen LogP contribution in [-0.4, -0.2) is 37.1 Å².